The van der Waals surface area contributed by atoms with Crippen LogP contribution < -0.4 is 0 Å². The van der Waals surface area contributed by atoms with Crippen LogP contribution in [0.15, 0.2) is 46.9 Å². The first-order valence-electron chi connectivity index (χ1n) is 6.33. The lowest BCUT2D eigenvalue weighted by Crippen LogP contribution is -2.00. The quantitative estimate of drug-likeness (QED) is 0.787. The molecular formula is C16H15NOS. The average Bonchev–Trinajstić information content (AvgIpc) is 3.08. The summed E-state index contributed by atoms with van der Waals surface area (Å²) < 4.78 is 0. The Labute approximate surface area is 117 Å². The second kappa shape index (κ2) is 5.41. The van der Waals surface area contributed by atoms with Crippen molar-refractivity contribution in [3.05, 3.63) is 57.8 Å². The van der Waals surface area contributed by atoms with E-state index in [1.807, 2.05) is 6.92 Å². The van der Waals surface area contributed by atoms with Crippen LogP contribution in [0.5, 0.6) is 0 Å². The third-order valence-corrected chi connectivity index (χ3v) is 3.97. The molecule has 0 bridgehead atoms. The Morgan fingerprint density at radius 1 is 1.21 bits per heavy atom. The van der Waals surface area contributed by atoms with Crippen molar-refractivity contribution >= 4 is 29.2 Å². The minimum Gasteiger partial charge on any atom is -0.387 e. The van der Waals surface area contributed by atoms with Gasteiger partial charge in [0.2, 0.25) is 0 Å². The van der Waals surface area contributed by atoms with Crippen LogP contribution in [0.2, 0.25) is 0 Å². The molecule has 2 nitrogen and oxygen atoms in total. The van der Waals surface area contributed by atoms with E-state index >= 15 is 0 Å². The molecule has 1 atom stereocenters. The summed E-state index contributed by atoms with van der Waals surface area (Å²) in [6.45, 7) is 2.00. The number of hydrogen-bond acceptors (Lipinski definition) is 3. The van der Waals surface area contributed by atoms with E-state index < -0.39 is 0 Å². The Morgan fingerprint density at radius 2 is 2.11 bits per heavy atom. The van der Waals surface area contributed by atoms with E-state index in [0.29, 0.717) is 0 Å². The van der Waals surface area contributed by atoms with Gasteiger partial charge in [0, 0.05) is 16.9 Å². The van der Waals surface area contributed by atoms with Gasteiger partial charge < -0.3 is 4.84 Å². The Kier molecular flexibility index (Phi) is 3.47. The fourth-order valence-corrected chi connectivity index (χ4v) is 2.80. The van der Waals surface area contributed by atoms with E-state index in [9.17, 15) is 0 Å². The fraction of sp³-hybridized carbons (Fsp3) is 0.188. The van der Waals surface area contributed by atoms with Gasteiger partial charge in [0.05, 0.1) is 5.71 Å². The molecule has 96 valence electrons. The molecule has 0 fully saturated rings. The molecule has 1 aromatic heterocycles. The maximum atomic E-state index is 5.49. The molecule has 2 aromatic rings. The van der Waals surface area contributed by atoms with Gasteiger partial charge in [-0.1, -0.05) is 41.6 Å². The molecule has 0 aliphatic carbocycles. The predicted molar refractivity (Wildman–Crippen MR) is 81.2 cm³/mol. The minimum atomic E-state index is 0.0594. The monoisotopic (exact) mass is 269 g/mol. The molecule has 0 saturated heterocycles. The van der Waals surface area contributed by atoms with Crippen molar-refractivity contribution < 1.29 is 4.84 Å². The zero-order valence-corrected chi connectivity index (χ0v) is 11.6. The largest absolute Gasteiger partial charge is 0.387 e. The number of thiophene rings is 1. The summed E-state index contributed by atoms with van der Waals surface area (Å²) in [5, 5.41) is 6.13. The molecule has 0 saturated carbocycles. The molecule has 0 unspecified atom stereocenters. The van der Waals surface area contributed by atoms with Crippen molar-refractivity contribution in [1.82, 2.24) is 0 Å². The van der Waals surface area contributed by atoms with Crippen molar-refractivity contribution in [2.75, 3.05) is 0 Å². The van der Waals surface area contributed by atoms with E-state index in [4.69, 9.17) is 4.84 Å². The van der Waals surface area contributed by atoms with Gasteiger partial charge in [-0.25, -0.2) is 0 Å². The zero-order valence-electron chi connectivity index (χ0n) is 10.7. The average molecular weight is 269 g/mol. The molecule has 19 heavy (non-hydrogen) atoms. The Hall–Kier alpha value is -1.87. The van der Waals surface area contributed by atoms with Crippen LogP contribution in [0.1, 0.15) is 35.5 Å². The molecule has 1 aromatic carbocycles. The van der Waals surface area contributed by atoms with Crippen LogP contribution in [0.4, 0.5) is 0 Å². The summed E-state index contributed by atoms with van der Waals surface area (Å²) in [6.07, 6.45) is 5.23. The first-order chi connectivity index (χ1) is 9.33. The molecular weight excluding hydrogens is 254 g/mol. The molecule has 3 rings (SSSR count). The predicted octanol–water partition coefficient (Wildman–Crippen LogP) is 4.76. The van der Waals surface area contributed by atoms with Crippen molar-refractivity contribution in [3.63, 3.8) is 0 Å². The molecule has 0 radical (unpaired) electrons. The van der Waals surface area contributed by atoms with Crippen LogP contribution in [0.3, 0.4) is 0 Å². The van der Waals surface area contributed by atoms with E-state index in [1.54, 1.807) is 11.3 Å². The highest BCUT2D eigenvalue weighted by Crippen LogP contribution is 2.30. The van der Waals surface area contributed by atoms with E-state index in [2.05, 4.69) is 59.1 Å². The number of benzene rings is 1. The number of oxime groups is 1. The lowest BCUT2D eigenvalue weighted by atomic mass is 9.99. The molecule has 3 heteroatoms. The van der Waals surface area contributed by atoms with Crippen molar-refractivity contribution in [3.8, 4) is 0 Å². The number of hydrogen-bond donors (Lipinski definition) is 0. The molecule has 1 aliphatic heterocycles. The number of nitrogens with zero attached hydrogens (tertiary/aromatic N) is 1. The highest BCUT2D eigenvalue weighted by molar-refractivity contribution is 7.10. The lowest BCUT2D eigenvalue weighted by Gasteiger charge is -2.11. The topological polar surface area (TPSA) is 21.6 Å². The van der Waals surface area contributed by atoms with Gasteiger partial charge >= 0.3 is 0 Å². The summed E-state index contributed by atoms with van der Waals surface area (Å²) in [4.78, 5) is 6.74. The second-order valence-electron chi connectivity index (χ2n) is 4.60. The summed E-state index contributed by atoms with van der Waals surface area (Å²) in [5.41, 5.74) is 3.46. The van der Waals surface area contributed by atoms with Crippen molar-refractivity contribution in [1.29, 1.82) is 0 Å². The first kappa shape index (κ1) is 12.2. The standard InChI is InChI=1S/C16H15NOS/c1-12-11-16(18-17-12)15-7-3-2-5-13(15)8-9-14-6-4-10-19-14/h2-10,16H,11H2,1H3/b9-8+/t16-/m1/s1. The van der Waals surface area contributed by atoms with Gasteiger partial charge in [-0.05, 0) is 30.0 Å². The summed E-state index contributed by atoms with van der Waals surface area (Å²) in [6, 6.07) is 12.5. The van der Waals surface area contributed by atoms with Crippen LogP contribution in [-0.4, -0.2) is 5.71 Å². The van der Waals surface area contributed by atoms with Crippen LogP contribution >= 0.6 is 11.3 Å². The maximum Gasteiger partial charge on any atom is 0.158 e. The van der Waals surface area contributed by atoms with Gasteiger partial charge in [0.25, 0.3) is 0 Å². The minimum absolute atomic E-state index is 0.0594. The molecule has 2 heterocycles. The molecule has 0 spiro atoms. The molecule has 0 N–H and O–H groups in total. The van der Waals surface area contributed by atoms with Gasteiger partial charge in [-0.15, -0.1) is 11.3 Å². The second-order valence-corrected chi connectivity index (χ2v) is 5.58. The first-order valence-corrected chi connectivity index (χ1v) is 7.21. The third-order valence-electron chi connectivity index (χ3n) is 3.13. The summed E-state index contributed by atoms with van der Waals surface area (Å²) in [5.74, 6) is 0. The van der Waals surface area contributed by atoms with E-state index in [0.717, 1.165) is 12.1 Å². The van der Waals surface area contributed by atoms with Gasteiger partial charge in [-0.2, -0.15) is 0 Å². The smallest absolute Gasteiger partial charge is 0.158 e. The normalized spacial score (nSPS) is 18.6. The van der Waals surface area contributed by atoms with Crippen molar-refractivity contribution in [2.24, 2.45) is 5.16 Å². The SMILES string of the molecule is CC1=NO[C@@H](c2ccccc2/C=C/c2cccs2)C1. The molecule has 0 amide bonds. The summed E-state index contributed by atoms with van der Waals surface area (Å²) in [7, 11) is 0. The lowest BCUT2D eigenvalue weighted by molar-refractivity contribution is 0.0856. The highest BCUT2D eigenvalue weighted by Gasteiger charge is 2.21. The highest BCUT2D eigenvalue weighted by atomic mass is 32.1. The fourth-order valence-electron chi connectivity index (χ4n) is 2.18. The zero-order chi connectivity index (χ0) is 13.1. The number of rotatable bonds is 3. The van der Waals surface area contributed by atoms with E-state index in [1.165, 1.54) is 16.0 Å². The maximum absolute atomic E-state index is 5.49. The van der Waals surface area contributed by atoms with Crippen LogP contribution in [0.25, 0.3) is 12.2 Å². The van der Waals surface area contributed by atoms with Crippen LogP contribution in [-0.2, 0) is 4.84 Å². The third kappa shape index (κ3) is 2.76. The van der Waals surface area contributed by atoms with Gasteiger partial charge in [-0.3, -0.25) is 0 Å². The Morgan fingerprint density at radius 3 is 2.84 bits per heavy atom. The Balaban J connectivity index is 1.86. The van der Waals surface area contributed by atoms with Gasteiger partial charge in [0.15, 0.2) is 6.10 Å². The van der Waals surface area contributed by atoms with Crippen molar-refractivity contribution in [2.45, 2.75) is 19.4 Å². The van der Waals surface area contributed by atoms with Crippen LogP contribution in [0, 0.1) is 0 Å². The summed E-state index contributed by atoms with van der Waals surface area (Å²) >= 11 is 1.74. The Bertz CT molecular complexity index is 613. The van der Waals surface area contributed by atoms with Gasteiger partial charge in [0.1, 0.15) is 0 Å². The molecule has 1 aliphatic rings. The van der Waals surface area contributed by atoms with E-state index in [-0.39, 0.29) is 6.10 Å².